The molecule has 0 aromatic heterocycles. The van der Waals surface area contributed by atoms with Crippen LogP contribution in [-0.2, 0) is 11.3 Å². The molecule has 0 spiro atoms. The molecule has 0 saturated carbocycles. The first-order valence-electron chi connectivity index (χ1n) is 9.80. The maximum atomic E-state index is 12.8. The molecule has 3 atom stereocenters. The number of likely N-dealkylation sites (N-methyl/N-ethyl adjacent to an activating group) is 1. The first-order chi connectivity index (χ1) is 13.8. The Balaban J connectivity index is 1.63. The molecule has 0 fully saturated rings. The number of anilines is 2. The molecular weight excluding hydrogens is 386 g/mol. The van der Waals surface area contributed by atoms with Crippen LogP contribution in [0.3, 0.4) is 0 Å². The van der Waals surface area contributed by atoms with Crippen LogP contribution in [0.1, 0.15) is 36.5 Å². The van der Waals surface area contributed by atoms with Crippen molar-refractivity contribution in [3.63, 3.8) is 0 Å². The molecule has 6 nitrogen and oxygen atoms in total. The molecule has 0 bridgehead atoms. The number of nitrogen functional groups attached to an aromatic ring is 1. The summed E-state index contributed by atoms with van der Waals surface area (Å²) >= 11 is 6.48. The zero-order valence-corrected chi connectivity index (χ0v) is 17.6. The summed E-state index contributed by atoms with van der Waals surface area (Å²) < 4.78 is 0. The van der Waals surface area contributed by atoms with E-state index in [1.807, 2.05) is 44.2 Å². The smallest absolute Gasteiger partial charge is 0.235 e. The molecule has 7 heteroatoms. The number of hydrogen-bond donors (Lipinski definition) is 3. The standard InChI is InChI=1S/C22H26ClN5O/c1-12-21(13(2)27-26-12)22(29)25-16-6-4-5-14(7-16)18-10-28(3)11-19-17(18)8-15(24)9-20(19)23/h4-9,12,18,21,26H,10-11,24H2,1-3H3,(H,25,29). The lowest BCUT2D eigenvalue weighted by molar-refractivity contribution is -0.118. The van der Waals surface area contributed by atoms with Gasteiger partial charge < -0.3 is 21.4 Å². The maximum Gasteiger partial charge on any atom is 0.235 e. The quantitative estimate of drug-likeness (QED) is 0.676. The number of amides is 1. The van der Waals surface area contributed by atoms with Gasteiger partial charge in [0.2, 0.25) is 5.91 Å². The lowest BCUT2D eigenvalue weighted by Gasteiger charge is -2.33. The molecule has 2 aliphatic rings. The van der Waals surface area contributed by atoms with Gasteiger partial charge in [0.15, 0.2) is 0 Å². The van der Waals surface area contributed by atoms with Crippen LogP contribution in [0.4, 0.5) is 11.4 Å². The number of hydrazone groups is 1. The third kappa shape index (κ3) is 3.82. The Kier molecular flexibility index (Phi) is 5.23. The van der Waals surface area contributed by atoms with Gasteiger partial charge in [-0.2, -0.15) is 5.10 Å². The first-order valence-corrected chi connectivity index (χ1v) is 10.2. The van der Waals surface area contributed by atoms with Crippen molar-refractivity contribution in [2.45, 2.75) is 32.4 Å². The third-order valence-corrected chi connectivity index (χ3v) is 6.12. The Morgan fingerprint density at radius 3 is 2.86 bits per heavy atom. The van der Waals surface area contributed by atoms with Crippen molar-refractivity contribution in [2.24, 2.45) is 11.0 Å². The summed E-state index contributed by atoms with van der Waals surface area (Å²) in [5, 5.41) is 7.94. The van der Waals surface area contributed by atoms with Crippen LogP contribution in [-0.4, -0.2) is 36.2 Å². The van der Waals surface area contributed by atoms with E-state index in [4.69, 9.17) is 17.3 Å². The molecule has 0 radical (unpaired) electrons. The second-order valence-corrected chi connectivity index (χ2v) is 8.49. The highest BCUT2D eigenvalue weighted by Crippen LogP contribution is 2.38. The molecular formula is C22H26ClN5O. The Hall–Kier alpha value is -2.57. The molecule has 3 unspecified atom stereocenters. The summed E-state index contributed by atoms with van der Waals surface area (Å²) in [6.45, 7) is 5.50. The maximum absolute atomic E-state index is 12.8. The largest absolute Gasteiger partial charge is 0.399 e. The second kappa shape index (κ2) is 7.69. The summed E-state index contributed by atoms with van der Waals surface area (Å²) in [7, 11) is 2.09. The number of benzene rings is 2. The second-order valence-electron chi connectivity index (χ2n) is 8.08. The van der Waals surface area contributed by atoms with Crippen LogP contribution < -0.4 is 16.5 Å². The molecule has 0 aliphatic carbocycles. The predicted octanol–water partition coefficient (Wildman–Crippen LogP) is 3.42. The van der Waals surface area contributed by atoms with Crippen LogP contribution in [0.15, 0.2) is 41.5 Å². The molecule has 2 heterocycles. The number of nitrogens with two attached hydrogens (primary N) is 1. The minimum Gasteiger partial charge on any atom is -0.399 e. The number of fused-ring (bicyclic) bond motifs is 1. The Labute approximate surface area is 176 Å². The fourth-order valence-electron chi connectivity index (χ4n) is 4.37. The summed E-state index contributed by atoms with van der Waals surface area (Å²) in [4.78, 5) is 15.0. The van der Waals surface area contributed by atoms with Crippen molar-refractivity contribution >= 4 is 34.6 Å². The van der Waals surface area contributed by atoms with Gasteiger partial charge in [0.25, 0.3) is 0 Å². The van der Waals surface area contributed by atoms with Crippen molar-refractivity contribution in [2.75, 3.05) is 24.6 Å². The predicted molar refractivity (Wildman–Crippen MR) is 118 cm³/mol. The molecule has 2 aliphatic heterocycles. The topological polar surface area (TPSA) is 82.8 Å². The van der Waals surface area contributed by atoms with E-state index in [1.165, 1.54) is 0 Å². The Morgan fingerprint density at radius 1 is 1.34 bits per heavy atom. The zero-order chi connectivity index (χ0) is 20.7. The van der Waals surface area contributed by atoms with Crippen molar-refractivity contribution in [3.8, 4) is 0 Å². The fourth-order valence-corrected chi connectivity index (χ4v) is 4.66. The molecule has 4 N–H and O–H groups in total. The summed E-state index contributed by atoms with van der Waals surface area (Å²) in [6, 6.07) is 11.9. The average Bonchev–Trinajstić information content (AvgIpc) is 3.00. The van der Waals surface area contributed by atoms with Crippen LogP contribution in [0.5, 0.6) is 0 Å². The minimum absolute atomic E-state index is 0.0119. The van der Waals surface area contributed by atoms with E-state index in [-0.39, 0.29) is 23.8 Å². The van der Waals surface area contributed by atoms with Gasteiger partial charge in [0.05, 0.1) is 12.0 Å². The van der Waals surface area contributed by atoms with E-state index in [2.05, 4.69) is 33.9 Å². The SMILES string of the molecule is CC1=NNC(C)C1C(=O)Nc1cccc(C2CN(C)Cc3c(Cl)cc(N)cc32)c1. The number of carbonyl (C=O) groups excluding carboxylic acids is 1. The first kappa shape index (κ1) is 19.7. The monoisotopic (exact) mass is 411 g/mol. The number of rotatable bonds is 3. The molecule has 4 rings (SSSR count). The molecule has 152 valence electrons. The molecule has 0 saturated heterocycles. The lowest BCUT2D eigenvalue weighted by atomic mass is 9.84. The van der Waals surface area contributed by atoms with Gasteiger partial charge in [-0.05, 0) is 61.9 Å². The number of nitrogens with one attached hydrogen (secondary N) is 2. The van der Waals surface area contributed by atoms with E-state index in [1.54, 1.807) is 0 Å². The average molecular weight is 412 g/mol. The number of hydrogen-bond acceptors (Lipinski definition) is 5. The minimum atomic E-state index is -0.265. The van der Waals surface area contributed by atoms with Gasteiger partial charge in [-0.15, -0.1) is 0 Å². The summed E-state index contributed by atoms with van der Waals surface area (Å²) in [5.41, 5.74) is 14.7. The van der Waals surface area contributed by atoms with Gasteiger partial charge in [-0.1, -0.05) is 23.7 Å². The fraction of sp³-hybridized carbons (Fsp3) is 0.364. The van der Waals surface area contributed by atoms with Crippen LogP contribution >= 0.6 is 11.6 Å². The highest BCUT2D eigenvalue weighted by atomic mass is 35.5. The third-order valence-electron chi connectivity index (χ3n) is 5.78. The van der Waals surface area contributed by atoms with Gasteiger partial charge in [0, 0.05) is 41.1 Å². The zero-order valence-electron chi connectivity index (χ0n) is 16.9. The lowest BCUT2D eigenvalue weighted by Crippen LogP contribution is -2.36. The van der Waals surface area contributed by atoms with E-state index in [0.717, 1.165) is 41.2 Å². The Morgan fingerprint density at radius 2 is 2.14 bits per heavy atom. The van der Waals surface area contributed by atoms with E-state index >= 15 is 0 Å². The van der Waals surface area contributed by atoms with Gasteiger partial charge >= 0.3 is 0 Å². The summed E-state index contributed by atoms with van der Waals surface area (Å²) in [5.74, 6) is -0.176. The van der Waals surface area contributed by atoms with Crippen LogP contribution in [0.25, 0.3) is 0 Å². The normalized spacial score (nSPS) is 23.9. The van der Waals surface area contributed by atoms with Crippen molar-refractivity contribution < 1.29 is 4.79 Å². The van der Waals surface area contributed by atoms with E-state index in [0.29, 0.717) is 10.7 Å². The highest BCUT2D eigenvalue weighted by molar-refractivity contribution is 6.31. The van der Waals surface area contributed by atoms with Crippen molar-refractivity contribution in [3.05, 3.63) is 58.1 Å². The molecule has 2 aromatic carbocycles. The molecule has 29 heavy (non-hydrogen) atoms. The highest BCUT2D eigenvalue weighted by Gasteiger charge is 2.32. The number of nitrogens with zero attached hydrogens (tertiary/aromatic N) is 2. The number of carbonyl (C=O) groups is 1. The van der Waals surface area contributed by atoms with Crippen LogP contribution in [0, 0.1) is 5.92 Å². The van der Waals surface area contributed by atoms with Crippen molar-refractivity contribution in [1.29, 1.82) is 0 Å². The summed E-state index contributed by atoms with van der Waals surface area (Å²) in [6.07, 6.45) is 0. The van der Waals surface area contributed by atoms with Crippen molar-refractivity contribution in [1.82, 2.24) is 10.3 Å². The van der Waals surface area contributed by atoms with E-state index < -0.39 is 0 Å². The van der Waals surface area contributed by atoms with Gasteiger partial charge in [-0.25, -0.2) is 0 Å². The number of halogens is 1. The van der Waals surface area contributed by atoms with Gasteiger partial charge in [0.1, 0.15) is 0 Å². The van der Waals surface area contributed by atoms with Crippen LogP contribution in [0.2, 0.25) is 5.02 Å². The molecule has 1 amide bonds. The van der Waals surface area contributed by atoms with E-state index in [9.17, 15) is 4.79 Å². The Bertz CT molecular complexity index is 989. The van der Waals surface area contributed by atoms with Gasteiger partial charge in [-0.3, -0.25) is 4.79 Å². The molecule has 2 aromatic rings.